The molecule has 2 aliphatic carbocycles. The number of allylic oxidation sites excluding steroid dienone is 5. The van der Waals surface area contributed by atoms with Crippen molar-refractivity contribution in [3.05, 3.63) is 77.9 Å². The summed E-state index contributed by atoms with van der Waals surface area (Å²) in [7, 11) is -0.810. The summed E-state index contributed by atoms with van der Waals surface area (Å²) in [5.41, 5.74) is 2.41. The number of carbonyl (C=O) groups is 2. The van der Waals surface area contributed by atoms with E-state index in [0.29, 0.717) is 12.8 Å². The topological polar surface area (TPSA) is 40.6 Å². The van der Waals surface area contributed by atoms with Crippen molar-refractivity contribution in [3.8, 4) is 0 Å². The van der Waals surface area contributed by atoms with Crippen molar-refractivity contribution in [2.45, 2.75) is 37.2 Å². The second-order valence-corrected chi connectivity index (χ2v) is 9.49. The number of nitrogens with zero attached hydrogens (tertiary/aromatic N) is 2. The maximum Gasteiger partial charge on any atom is 0.242 e. The summed E-state index contributed by atoms with van der Waals surface area (Å²) in [6.07, 6.45) is 15.2. The molecule has 1 aromatic rings. The van der Waals surface area contributed by atoms with Crippen LogP contribution in [0.5, 0.6) is 0 Å². The van der Waals surface area contributed by atoms with Gasteiger partial charge in [0.25, 0.3) is 0 Å². The Labute approximate surface area is 160 Å². The molecular formula is C22H21N2O2P. The van der Waals surface area contributed by atoms with E-state index < -0.39 is 7.92 Å². The lowest BCUT2D eigenvalue weighted by Crippen LogP contribution is -2.54. The van der Waals surface area contributed by atoms with Gasteiger partial charge in [-0.1, -0.05) is 66.8 Å². The number of hydrogen-bond donors (Lipinski definition) is 0. The molecule has 1 aromatic carbocycles. The van der Waals surface area contributed by atoms with E-state index in [1.54, 1.807) is 10.0 Å². The van der Waals surface area contributed by atoms with Crippen LogP contribution in [0.25, 0.3) is 0 Å². The highest BCUT2D eigenvalue weighted by Crippen LogP contribution is 2.61. The molecule has 27 heavy (non-hydrogen) atoms. The normalized spacial score (nSPS) is 29.4. The third kappa shape index (κ3) is 2.62. The summed E-state index contributed by atoms with van der Waals surface area (Å²) in [4.78, 5) is 26.0. The van der Waals surface area contributed by atoms with Crippen LogP contribution in [0.2, 0.25) is 0 Å². The molecule has 0 bridgehead atoms. The largest absolute Gasteiger partial charge is 0.273 e. The van der Waals surface area contributed by atoms with Crippen LogP contribution in [-0.4, -0.2) is 33.4 Å². The quantitative estimate of drug-likeness (QED) is 0.757. The van der Waals surface area contributed by atoms with E-state index in [2.05, 4.69) is 60.7 Å². The van der Waals surface area contributed by atoms with Gasteiger partial charge in [-0.3, -0.25) is 9.59 Å². The average Bonchev–Trinajstić information content (AvgIpc) is 3.44. The predicted octanol–water partition coefficient (Wildman–Crippen LogP) is 3.60. The van der Waals surface area contributed by atoms with Crippen LogP contribution < -0.4 is 5.30 Å². The first-order valence-corrected chi connectivity index (χ1v) is 10.9. The molecule has 4 nitrogen and oxygen atoms in total. The first kappa shape index (κ1) is 16.7. The molecular weight excluding hydrogens is 355 g/mol. The van der Waals surface area contributed by atoms with Gasteiger partial charge in [-0.25, -0.2) is 10.0 Å². The summed E-state index contributed by atoms with van der Waals surface area (Å²) < 4.78 is 0. The van der Waals surface area contributed by atoms with Crippen molar-refractivity contribution in [1.29, 1.82) is 0 Å². The Hall–Kier alpha value is -2.45. The van der Waals surface area contributed by atoms with Gasteiger partial charge in [-0.15, -0.1) is 0 Å². The molecule has 0 spiro atoms. The van der Waals surface area contributed by atoms with E-state index in [-0.39, 0.29) is 23.4 Å². The highest BCUT2D eigenvalue weighted by atomic mass is 31.1. The number of carbonyl (C=O) groups excluding carboxylic acids is 2. The van der Waals surface area contributed by atoms with Crippen molar-refractivity contribution < 1.29 is 9.59 Å². The summed E-state index contributed by atoms with van der Waals surface area (Å²) in [6.45, 7) is 0. The van der Waals surface area contributed by atoms with Gasteiger partial charge in [0.1, 0.15) is 11.6 Å². The molecule has 0 aromatic heterocycles. The summed E-state index contributed by atoms with van der Waals surface area (Å²) in [5, 5.41) is 4.85. The molecule has 0 N–H and O–H groups in total. The zero-order valence-electron chi connectivity index (χ0n) is 15.0. The Morgan fingerprint density at radius 1 is 0.926 bits per heavy atom. The lowest BCUT2D eigenvalue weighted by atomic mass is 10.1. The Morgan fingerprint density at radius 2 is 1.67 bits per heavy atom. The third-order valence-electron chi connectivity index (χ3n) is 5.57. The maximum absolute atomic E-state index is 13.0. The van der Waals surface area contributed by atoms with E-state index in [0.717, 1.165) is 12.8 Å². The van der Waals surface area contributed by atoms with Crippen LogP contribution in [0.1, 0.15) is 25.7 Å². The van der Waals surface area contributed by atoms with Gasteiger partial charge in [0.15, 0.2) is 0 Å². The summed E-state index contributed by atoms with van der Waals surface area (Å²) in [6, 6.07) is 10.4. The molecule has 5 heteroatoms. The van der Waals surface area contributed by atoms with E-state index >= 15 is 0 Å². The molecule has 3 atom stereocenters. The molecule has 1 unspecified atom stereocenters. The zero-order valence-corrected chi connectivity index (χ0v) is 15.9. The molecule has 4 aliphatic rings. The molecule has 2 heterocycles. The number of benzene rings is 1. The van der Waals surface area contributed by atoms with Crippen molar-refractivity contribution >= 4 is 25.0 Å². The Morgan fingerprint density at radius 3 is 2.30 bits per heavy atom. The van der Waals surface area contributed by atoms with Gasteiger partial charge in [0.05, 0.1) is 0 Å². The third-order valence-corrected chi connectivity index (χ3v) is 8.59. The van der Waals surface area contributed by atoms with Gasteiger partial charge in [0, 0.05) is 12.8 Å². The lowest BCUT2D eigenvalue weighted by molar-refractivity contribution is -0.169. The van der Waals surface area contributed by atoms with Crippen molar-refractivity contribution in [3.63, 3.8) is 0 Å². The predicted molar refractivity (Wildman–Crippen MR) is 107 cm³/mol. The van der Waals surface area contributed by atoms with Crippen LogP contribution in [0.15, 0.2) is 77.9 Å². The molecule has 2 aliphatic heterocycles. The smallest absolute Gasteiger partial charge is 0.242 e. The zero-order chi connectivity index (χ0) is 18.4. The van der Waals surface area contributed by atoms with Gasteiger partial charge in [0.2, 0.25) is 11.8 Å². The first-order chi connectivity index (χ1) is 13.3. The van der Waals surface area contributed by atoms with E-state index in [1.807, 2.05) is 6.07 Å². The Balaban J connectivity index is 1.70. The molecule has 2 fully saturated rings. The second kappa shape index (κ2) is 6.61. The molecule has 5 rings (SSSR count). The average molecular weight is 376 g/mol. The highest BCUT2D eigenvalue weighted by Gasteiger charge is 2.55. The SMILES string of the molecule is O=C1CCC(=O)N2[C@H](C3=CC=CC3)P(c3ccccc3)[C@H](C3=CCC=C3)N12. The van der Waals surface area contributed by atoms with Crippen LogP contribution in [0.3, 0.4) is 0 Å². The van der Waals surface area contributed by atoms with Gasteiger partial charge >= 0.3 is 0 Å². The van der Waals surface area contributed by atoms with Crippen molar-refractivity contribution in [2.24, 2.45) is 0 Å². The van der Waals surface area contributed by atoms with Crippen molar-refractivity contribution in [1.82, 2.24) is 10.0 Å². The van der Waals surface area contributed by atoms with Crippen LogP contribution in [-0.2, 0) is 9.59 Å². The molecule has 0 saturated carbocycles. The van der Waals surface area contributed by atoms with Crippen LogP contribution in [0, 0.1) is 0 Å². The van der Waals surface area contributed by atoms with Gasteiger partial charge in [-0.2, -0.15) is 0 Å². The molecule has 0 radical (unpaired) electrons. The molecule has 2 saturated heterocycles. The minimum atomic E-state index is -0.810. The summed E-state index contributed by atoms with van der Waals surface area (Å²) >= 11 is 0. The fraction of sp³-hybridized carbons (Fsp3) is 0.273. The molecule has 136 valence electrons. The number of rotatable bonds is 3. The second-order valence-electron chi connectivity index (χ2n) is 7.18. The molecule has 2 amide bonds. The van der Waals surface area contributed by atoms with Gasteiger partial charge in [-0.05, 0) is 37.2 Å². The fourth-order valence-electron chi connectivity index (χ4n) is 4.40. The van der Waals surface area contributed by atoms with Crippen LogP contribution in [0.4, 0.5) is 0 Å². The minimum Gasteiger partial charge on any atom is -0.273 e. The maximum atomic E-state index is 13.0. The number of hydrazine groups is 1. The number of hydrogen-bond acceptors (Lipinski definition) is 2. The lowest BCUT2D eigenvalue weighted by Gasteiger charge is -2.37. The van der Waals surface area contributed by atoms with Crippen LogP contribution >= 0.6 is 7.92 Å². The summed E-state index contributed by atoms with van der Waals surface area (Å²) in [5.74, 6) is 0.0256. The van der Waals surface area contributed by atoms with Gasteiger partial charge < -0.3 is 0 Å². The number of fused-ring (bicyclic) bond motifs is 1. The Bertz CT molecular complexity index is 916. The standard InChI is InChI=1S/C22H21N2O2P/c25-19-14-15-20(26)24-22(17-10-6-7-11-17)27(18-12-2-1-3-13-18)21(23(19)24)16-8-4-5-9-16/h1-6,8,10-13,21-22H,7,9,14-15H2/t21-,22+,27?/m0/s1. The highest BCUT2D eigenvalue weighted by molar-refractivity contribution is 7.67. The Kier molecular flexibility index (Phi) is 4.09. The van der Waals surface area contributed by atoms with Crippen molar-refractivity contribution in [2.75, 3.05) is 0 Å². The van der Waals surface area contributed by atoms with E-state index in [1.165, 1.54) is 16.5 Å². The van der Waals surface area contributed by atoms with E-state index in [9.17, 15) is 9.59 Å². The minimum absolute atomic E-state index is 0.0472. The monoisotopic (exact) mass is 376 g/mol. The number of amides is 2. The van der Waals surface area contributed by atoms with E-state index in [4.69, 9.17) is 0 Å². The fourth-order valence-corrected chi connectivity index (χ4v) is 7.77. The first-order valence-electron chi connectivity index (χ1n) is 9.45.